The van der Waals surface area contributed by atoms with E-state index in [1.807, 2.05) is 6.20 Å². The summed E-state index contributed by atoms with van der Waals surface area (Å²) in [5.74, 6) is 0.853. The fourth-order valence-corrected chi connectivity index (χ4v) is 4.85. The molecule has 35 heavy (non-hydrogen) atoms. The highest BCUT2D eigenvalue weighted by Crippen LogP contribution is 2.27. The van der Waals surface area contributed by atoms with Crippen molar-refractivity contribution >= 4 is 24.7 Å². The van der Waals surface area contributed by atoms with E-state index in [9.17, 15) is 0 Å². The molecule has 5 rings (SSSR count). The monoisotopic (exact) mass is 499 g/mol. The number of aryl methyl sites for hydroxylation is 1. The van der Waals surface area contributed by atoms with Crippen LogP contribution in [-0.4, -0.2) is 66.8 Å². The number of fused-ring (bicyclic) bond motifs is 1. The lowest BCUT2D eigenvalue weighted by molar-refractivity contribution is 0.272. The van der Waals surface area contributed by atoms with E-state index in [0.29, 0.717) is 0 Å². The van der Waals surface area contributed by atoms with E-state index in [1.165, 1.54) is 43.2 Å². The van der Waals surface area contributed by atoms with E-state index in [4.69, 9.17) is 29.2 Å². The molecule has 0 radical (unpaired) electrons. The van der Waals surface area contributed by atoms with Gasteiger partial charge in [0, 0.05) is 42.8 Å². The lowest BCUT2D eigenvalue weighted by Crippen LogP contribution is -2.28. The fourth-order valence-electron chi connectivity index (χ4n) is 4.85. The van der Waals surface area contributed by atoms with Crippen LogP contribution in [-0.2, 0) is 11.0 Å². The number of hydrogen-bond donors (Lipinski definition) is 3. The van der Waals surface area contributed by atoms with Crippen molar-refractivity contribution in [2.24, 2.45) is 0 Å². The molecule has 10 heteroatoms. The number of hydrogen-bond acceptors (Lipinski definition) is 6. The summed E-state index contributed by atoms with van der Waals surface area (Å²) in [6.07, 6.45) is 8.19. The highest BCUT2D eigenvalue weighted by Gasteiger charge is 2.19. The lowest BCUT2D eigenvalue weighted by atomic mass is 10.1. The van der Waals surface area contributed by atoms with Crippen LogP contribution in [0.1, 0.15) is 43.9 Å². The van der Waals surface area contributed by atoms with E-state index in [-0.39, 0.29) is 0 Å². The maximum absolute atomic E-state index is 8.88. The number of aromatic nitrogens is 3. The van der Waals surface area contributed by atoms with Gasteiger partial charge in [-0.3, -0.25) is 0 Å². The topological polar surface area (TPSA) is 123 Å². The van der Waals surface area contributed by atoms with E-state index >= 15 is 0 Å². The third-order valence-electron chi connectivity index (χ3n) is 6.76. The van der Waals surface area contributed by atoms with Gasteiger partial charge in [-0.25, -0.2) is 19.5 Å². The first-order valence-corrected chi connectivity index (χ1v) is 13.7. The Balaban J connectivity index is 0.000000527. The SMILES string of the molecule is Cc1nc(N2CCCC2)ncc1-c1ccc2cc(CCN3CCC[C@H]3C)ccc2n1.O=P(O)(O)O. The summed E-state index contributed by atoms with van der Waals surface area (Å²) in [6, 6.07) is 11.7. The Hall–Kier alpha value is -2.42. The van der Waals surface area contributed by atoms with Crippen LogP contribution in [0.5, 0.6) is 0 Å². The standard InChI is InChI=1S/C25H31N5.H3O4P/c1-18-6-5-14-29(18)15-11-20-7-9-23-21(16-20)8-10-24(28-23)22-17-26-25(27-19(22)2)30-12-3-4-13-30;1-5(2,3)4/h7-10,16-18H,3-6,11-15H2,1-2H3;(H3,1,2,3,4)/t18-;/m1./s1. The Kier molecular flexibility index (Phi) is 8.14. The first-order valence-electron chi connectivity index (χ1n) is 12.2. The van der Waals surface area contributed by atoms with Gasteiger partial charge in [-0.15, -0.1) is 0 Å². The highest BCUT2D eigenvalue weighted by molar-refractivity contribution is 7.45. The van der Waals surface area contributed by atoms with Crippen molar-refractivity contribution in [3.05, 3.63) is 47.8 Å². The summed E-state index contributed by atoms with van der Waals surface area (Å²) in [5.41, 5.74) is 5.40. The zero-order valence-electron chi connectivity index (χ0n) is 20.3. The largest absolute Gasteiger partial charge is 0.466 e. The van der Waals surface area contributed by atoms with Crippen LogP contribution in [0.25, 0.3) is 22.2 Å². The molecule has 9 nitrogen and oxygen atoms in total. The molecule has 2 fully saturated rings. The van der Waals surface area contributed by atoms with Gasteiger partial charge in [0.1, 0.15) is 0 Å². The van der Waals surface area contributed by atoms with Crippen LogP contribution in [0.15, 0.2) is 36.5 Å². The summed E-state index contributed by atoms with van der Waals surface area (Å²) in [5, 5.41) is 1.21. The van der Waals surface area contributed by atoms with E-state index in [0.717, 1.165) is 60.5 Å². The second kappa shape index (κ2) is 11.1. The molecule has 2 aliphatic heterocycles. The molecule has 1 aromatic carbocycles. The molecule has 0 unspecified atom stereocenters. The van der Waals surface area contributed by atoms with Crippen LogP contribution < -0.4 is 4.90 Å². The van der Waals surface area contributed by atoms with Crippen molar-refractivity contribution in [2.75, 3.05) is 31.1 Å². The quantitative estimate of drug-likeness (QED) is 0.451. The van der Waals surface area contributed by atoms with Crippen molar-refractivity contribution in [2.45, 2.75) is 52.0 Å². The summed E-state index contributed by atoms with van der Waals surface area (Å²) in [7, 11) is -4.64. The fraction of sp³-hybridized carbons (Fsp3) is 0.480. The highest BCUT2D eigenvalue weighted by atomic mass is 31.2. The first kappa shape index (κ1) is 25.7. The normalized spacial score (nSPS) is 18.7. The Morgan fingerprint density at radius 2 is 1.77 bits per heavy atom. The van der Waals surface area contributed by atoms with E-state index in [2.05, 4.69) is 59.0 Å². The van der Waals surface area contributed by atoms with Crippen LogP contribution in [0.3, 0.4) is 0 Å². The zero-order chi connectivity index (χ0) is 25.0. The summed E-state index contributed by atoms with van der Waals surface area (Å²) in [6.45, 7) is 8.93. The number of benzene rings is 1. The molecule has 3 N–H and O–H groups in total. The number of likely N-dealkylation sites (tertiary alicyclic amines) is 1. The summed E-state index contributed by atoms with van der Waals surface area (Å²) < 4.78 is 8.88. The lowest BCUT2D eigenvalue weighted by Gasteiger charge is -2.20. The molecule has 1 atom stereocenters. The van der Waals surface area contributed by atoms with Gasteiger partial charge in [-0.1, -0.05) is 12.1 Å². The number of pyridine rings is 1. The predicted octanol–water partition coefficient (Wildman–Crippen LogP) is 3.70. The Bertz CT molecular complexity index is 1200. The van der Waals surface area contributed by atoms with Gasteiger partial charge in [0.2, 0.25) is 5.95 Å². The van der Waals surface area contributed by atoms with Crippen LogP contribution in [0.4, 0.5) is 5.95 Å². The van der Waals surface area contributed by atoms with Gasteiger partial charge >= 0.3 is 7.82 Å². The second-order valence-corrected chi connectivity index (χ2v) is 10.4. The molecule has 188 valence electrons. The summed E-state index contributed by atoms with van der Waals surface area (Å²) in [4.78, 5) is 40.8. The second-order valence-electron chi connectivity index (χ2n) is 9.38. The predicted molar refractivity (Wildman–Crippen MR) is 137 cm³/mol. The zero-order valence-corrected chi connectivity index (χ0v) is 21.2. The minimum Gasteiger partial charge on any atom is -0.341 e. The van der Waals surface area contributed by atoms with Crippen molar-refractivity contribution < 1.29 is 19.2 Å². The minimum absolute atomic E-state index is 0.733. The average Bonchev–Trinajstić information content (AvgIpc) is 3.48. The Morgan fingerprint density at radius 1 is 1.03 bits per heavy atom. The molecular formula is C25H34N5O4P. The van der Waals surface area contributed by atoms with Crippen molar-refractivity contribution in [1.82, 2.24) is 19.9 Å². The molecule has 0 amide bonds. The van der Waals surface area contributed by atoms with Crippen LogP contribution >= 0.6 is 7.82 Å². The first-order chi connectivity index (χ1) is 16.7. The van der Waals surface area contributed by atoms with Gasteiger partial charge in [0.05, 0.1) is 16.9 Å². The summed E-state index contributed by atoms with van der Waals surface area (Å²) >= 11 is 0. The van der Waals surface area contributed by atoms with Crippen LogP contribution in [0.2, 0.25) is 0 Å². The number of anilines is 1. The molecule has 3 aromatic rings. The van der Waals surface area contributed by atoms with Crippen LogP contribution in [0, 0.1) is 6.92 Å². The number of phosphoric acid groups is 1. The van der Waals surface area contributed by atoms with Gasteiger partial charge < -0.3 is 24.5 Å². The minimum atomic E-state index is -4.64. The molecule has 0 aliphatic carbocycles. The third-order valence-corrected chi connectivity index (χ3v) is 6.76. The smallest absolute Gasteiger partial charge is 0.341 e. The maximum Gasteiger partial charge on any atom is 0.466 e. The maximum atomic E-state index is 8.88. The molecule has 2 aliphatic rings. The molecule has 0 spiro atoms. The number of nitrogens with zero attached hydrogens (tertiary/aromatic N) is 5. The molecule has 2 aromatic heterocycles. The molecule has 0 saturated carbocycles. The van der Waals surface area contributed by atoms with Gasteiger partial charge in [-0.05, 0) is 76.3 Å². The molecule has 2 saturated heterocycles. The average molecular weight is 500 g/mol. The molecular weight excluding hydrogens is 465 g/mol. The van der Waals surface area contributed by atoms with Gasteiger partial charge in [0.25, 0.3) is 0 Å². The Morgan fingerprint density at radius 3 is 2.43 bits per heavy atom. The number of rotatable bonds is 5. The van der Waals surface area contributed by atoms with Crippen molar-refractivity contribution in [3.63, 3.8) is 0 Å². The van der Waals surface area contributed by atoms with E-state index < -0.39 is 7.82 Å². The molecule has 0 bridgehead atoms. The van der Waals surface area contributed by atoms with Crippen molar-refractivity contribution in [1.29, 1.82) is 0 Å². The van der Waals surface area contributed by atoms with Crippen molar-refractivity contribution in [3.8, 4) is 11.3 Å². The Labute approximate surface area is 206 Å². The van der Waals surface area contributed by atoms with E-state index in [1.54, 1.807) is 0 Å². The van der Waals surface area contributed by atoms with Gasteiger partial charge in [0.15, 0.2) is 0 Å². The van der Waals surface area contributed by atoms with Gasteiger partial charge in [-0.2, -0.15) is 0 Å². The third kappa shape index (κ3) is 7.06. The molecule has 4 heterocycles.